The third-order valence-corrected chi connectivity index (χ3v) is 10.5. The summed E-state index contributed by atoms with van der Waals surface area (Å²) < 4.78 is 70.4. The number of nitrogens with zero attached hydrogens (tertiary/aromatic N) is 6. The first-order valence-electron chi connectivity index (χ1n) is 15.2. The van der Waals surface area contributed by atoms with Gasteiger partial charge in [-0.25, -0.2) is 8.42 Å². The number of nitrogens with one attached hydrogen (secondary N) is 1. The minimum atomic E-state index is -3.96. The topological polar surface area (TPSA) is 164 Å². The highest BCUT2D eigenvalue weighted by Crippen LogP contribution is 2.41. The molecule has 2 atom stereocenters. The van der Waals surface area contributed by atoms with Gasteiger partial charge in [0.15, 0.2) is 5.69 Å². The van der Waals surface area contributed by atoms with Gasteiger partial charge in [0.2, 0.25) is 10.0 Å². The fourth-order valence-electron chi connectivity index (χ4n) is 6.31. The average molecular weight is 700 g/mol. The third-order valence-electron chi connectivity index (χ3n) is 8.78. The van der Waals surface area contributed by atoms with Crippen LogP contribution in [-0.2, 0) is 21.7 Å². The predicted molar refractivity (Wildman–Crippen MR) is 174 cm³/mol. The maximum atomic E-state index is 15.4. The molecule has 50 heavy (non-hydrogen) atoms. The normalized spacial score (nSPS) is 17.6. The number of hydrogen-bond acceptors (Lipinski definition) is 9. The van der Waals surface area contributed by atoms with E-state index in [2.05, 4.69) is 15.6 Å². The number of carbonyl (C=O) groups excluding carboxylic acids is 2. The van der Waals surface area contributed by atoms with Gasteiger partial charge in [-0.1, -0.05) is 47.6 Å². The molecule has 254 valence electrons. The number of benzene rings is 3. The van der Waals surface area contributed by atoms with Crippen molar-refractivity contribution in [3.8, 4) is 11.8 Å². The fourth-order valence-corrected chi connectivity index (χ4v) is 7.78. The lowest BCUT2D eigenvalue weighted by Crippen LogP contribution is -2.51. The van der Waals surface area contributed by atoms with Crippen LogP contribution in [-0.4, -0.2) is 65.7 Å². The van der Waals surface area contributed by atoms with Gasteiger partial charge >= 0.3 is 0 Å². The van der Waals surface area contributed by atoms with Crippen molar-refractivity contribution in [3.63, 3.8) is 0 Å². The molecule has 0 aliphatic carbocycles. The Labute approximate surface area is 284 Å². The Morgan fingerprint density at radius 1 is 1.06 bits per heavy atom. The summed E-state index contributed by atoms with van der Waals surface area (Å²) in [6.45, 7) is -0.201. The van der Waals surface area contributed by atoms with Crippen LogP contribution < -0.4 is 15.0 Å². The first-order chi connectivity index (χ1) is 24.0. The lowest BCUT2D eigenvalue weighted by Gasteiger charge is -2.37. The second-order valence-electron chi connectivity index (χ2n) is 11.7. The Morgan fingerprint density at radius 3 is 2.46 bits per heavy atom. The lowest BCUT2D eigenvalue weighted by atomic mass is 9.99. The molecule has 3 aromatic carbocycles. The second kappa shape index (κ2) is 12.5. The SMILES string of the molecule is COc1ccc(C(=O)Nc2cnn3c2C(=O)N(c2ccc(C(F)(F)c4ccccc4)cc2)[C@H]2CN(S(=O)(=O)Cc4ccon4)C[C@@H]23)cc1C#N. The van der Waals surface area contributed by atoms with Crippen LogP contribution in [0.3, 0.4) is 0 Å². The van der Waals surface area contributed by atoms with Crippen LogP contribution in [0.25, 0.3) is 0 Å². The number of halogens is 2. The molecule has 4 heterocycles. The Kier molecular flexibility index (Phi) is 8.16. The predicted octanol–water partition coefficient (Wildman–Crippen LogP) is 4.56. The summed E-state index contributed by atoms with van der Waals surface area (Å²) in [6, 6.07) is 18.7. The standard InChI is InChI=1S/C34H27F2N7O6S/c1-48-30-12-7-21(15-22(30)16-37)32(44)39-27-17-38-43-29-19-41(50(46,47)20-25-13-14-49-40-25)18-28(29)42(33(45)31(27)43)26-10-8-24(9-11-26)34(35,36)23-5-3-2-4-6-23/h2-15,17,28-29H,18-20H2,1H3,(H,39,44)/t28-,29-/m0/s1. The summed E-state index contributed by atoms with van der Waals surface area (Å²) in [4.78, 5) is 29.1. The highest BCUT2D eigenvalue weighted by Gasteiger charge is 2.50. The van der Waals surface area contributed by atoms with Crippen molar-refractivity contribution < 1.29 is 36.0 Å². The molecule has 2 aliphatic rings. The summed E-state index contributed by atoms with van der Waals surface area (Å²) in [7, 11) is -2.56. The Bertz CT molecular complexity index is 2240. The first-order valence-corrected chi connectivity index (χ1v) is 16.8. The molecule has 7 rings (SSSR count). The number of nitriles is 1. The van der Waals surface area contributed by atoms with Crippen LogP contribution in [0.1, 0.15) is 49.3 Å². The summed E-state index contributed by atoms with van der Waals surface area (Å²) in [6.07, 6.45) is 2.55. The minimum Gasteiger partial charge on any atom is -0.495 e. The summed E-state index contributed by atoms with van der Waals surface area (Å²) in [5.41, 5.74) is 0.178. The number of alkyl halides is 2. The van der Waals surface area contributed by atoms with Crippen LogP contribution in [0.5, 0.6) is 5.75 Å². The van der Waals surface area contributed by atoms with Crippen LogP contribution in [0.15, 0.2) is 95.8 Å². The second-order valence-corrected chi connectivity index (χ2v) is 13.7. The monoisotopic (exact) mass is 699 g/mol. The van der Waals surface area contributed by atoms with Crippen molar-refractivity contribution >= 4 is 33.2 Å². The van der Waals surface area contributed by atoms with E-state index in [0.29, 0.717) is 0 Å². The van der Waals surface area contributed by atoms with E-state index in [1.54, 1.807) is 6.07 Å². The number of carbonyl (C=O) groups is 2. The van der Waals surface area contributed by atoms with Gasteiger partial charge in [0, 0.05) is 41.5 Å². The largest absolute Gasteiger partial charge is 0.495 e. The third kappa shape index (κ3) is 5.65. The molecular formula is C34H27F2N7O6S. The number of methoxy groups -OCH3 is 1. The van der Waals surface area contributed by atoms with E-state index in [4.69, 9.17) is 9.26 Å². The van der Waals surface area contributed by atoms with Crippen molar-refractivity contribution in [2.45, 2.75) is 23.8 Å². The molecule has 0 spiro atoms. The van der Waals surface area contributed by atoms with Crippen LogP contribution in [0.4, 0.5) is 20.2 Å². The van der Waals surface area contributed by atoms with Crippen molar-refractivity contribution in [2.75, 3.05) is 30.4 Å². The molecule has 1 saturated heterocycles. The highest BCUT2D eigenvalue weighted by atomic mass is 32.2. The minimum absolute atomic E-state index is 0.0360. The number of sulfonamides is 1. The summed E-state index contributed by atoms with van der Waals surface area (Å²) >= 11 is 0. The number of hydrogen-bond donors (Lipinski definition) is 1. The van der Waals surface area contributed by atoms with E-state index >= 15 is 8.78 Å². The van der Waals surface area contributed by atoms with Crippen molar-refractivity contribution in [2.24, 2.45) is 0 Å². The van der Waals surface area contributed by atoms with E-state index in [1.807, 2.05) is 6.07 Å². The Hall–Kier alpha value is -5.92. The van der Waals surface area contributed by atoms with E-state index in [-0.39, 0.29) is 63.9 Å². The Balaban J connectivity index is 1.25. The summed E-state index contributed by atoms with van der Waals surface area (Å²) in [5.74, 6) is -4.76. The van der Waals surface area contributed by atoms with Gasteiger partial charge in [-0.3, -0.25) is 14.3 Å². The molecule has 0 radical (unpaired) electrons. The van der Waals surface area contributed by atoms with Gasteiger partial charge in [-0.2, -0.15) is 23.4 Å². The van der Waals surface area contributed by atoms with E-state index < -0.39 is 45.6 Å². The number of anilines is 2. The number of ether oxygens (including phenoxy) is 1. The molecule has 5 aromatic rings. The van der Waals surface area contributed by atoms with Crippen molar-refractivity contribution in [3.05, 3.63) is 125 Å². The van der Waals surface area contributed by atoms with Crippen LogP contribution >= 0.6 is 0 Å². The van der Waals surface area contributed by atoms with Crippen LogP contribution in [0.2, 0.25) is 0 Å². The van der Waals surface area contributed by atoms with Gasteiger partial charge in [-0.05, 0) is 30.3 Å². The van der Waals surface area contributed by atoms with E-state index in [1.165, 1.54) is 106 Å². The highest BCUT2D eigenvalue weighted by molar-refractivity contribution is 7.88. The van der Waals surface area contributed by atoms with E-state index in [9.17, 15) is 23.3 Å². The van der Waals surface area contributed by atoms with Crippen molar-refractivity contribution in [1.29, 1.82) is 5.26 Å². The lowest BCUT2D eigenvalue weighted by molar-refractivity contribution is 0.0428. The van der Waals surface area contributed by atoms with Crippen molar-refractivity contribution in [1.82, 2.24) is 19.2 Å². The molecule has 0 saturated carbocycles. The smallest absolute Gasteiger partial charge is 0.298 e. The van der Waals surface area contributed by atoms with Gasteiger partial charge in [0.25, 0.3) is 17.7 Å². The van der Waals surface area contributed by atoms with Gasteiger partial charge in [0.1, 0.15) is 23.8 Å². The quantitative estimate of drug-likeness (QED) is 0.232. The molecular weight excluding hydrogens is 672 g/mol. The number of amides is 2. The molecule has 16 heteroatoms. The molecule has 2 aliphatic heterocycles. The van der Waals surface area contributed by atoms with Crippen LogP contribution in [0, 0.1) is 11.3 Å². The molecule has 13 nitrogen and oxygen atoms in total. The maximum absolute atomic E-state index is 15.4. The molecule has 0 bridgehead atoms. The average Bonchev–Trinajstić information content (AvgIpc) is 3.89. The first kappa shape index (κ1) is 32.6. The zero-order valence-corrected chi connectivity index (χ0v) is 27.0. The molecule has 2 aromatic heterocycles. The van der Waals surface area contributed by atoms with Gasteiger partial charge < -0.3 is 19.5 Å². The number of aromatic nitrogens is 3. The fraction of sp³-hybridized carbons (Fsp3) is 0.206. The summed E-state index contributed by atoms with van der Waals surface area (Å²) in [5, 5.41) is 20.3. The number of fused-ring (bicyclic) bond motifs is 3. The van der Waals surface area contributed by atoms with E-state index in [0.717, 1.165) is 0 Å². The number of rotatable bonds is 9. The molecule has 1 fully saturated rings. The molecule has 1 N–H and O–H groups in total. The zero-order chi connectivity index (χ0) is 35.2. The zero-order valence-electron chi connectivity index (χ0n) is 26.2. The Morgan fingerprint density at radius 2 is 1.78 bits per heavy atom. The molecule has 0 unspecified atom stereocenters. The van der Waals surface area contributed by atoms with Gasteiger partial charge in [-0.15, -0.1) is 0 Å². The maximum Gasteiger partial charge on any atom is 0.298 e. The van der Waals surface area contributed by atoms with Gasteiger partial charge in [0.05, 0.1) is 42.3 Å². The molecule has 2 amide bonds.